The highest BCUT2D eigenvalue weighted by Gasteiger charge is 2.27. The minimum Gasteiger partial charge on any atom is -0.368 e. The number of nitrogens with zero attached hydrogens (tertiary/aromatic N) is 3. The molecule has 3 heterocycles. The third kappa shape index (κ3) is 2.37. The quantitative estimate of drug-likeness (QED) is 0.757. The Labute approximate surface area is 110 Å². The molecule has 3 nitrogen and oxygen atoms in total. The SMILES string of the molecule is Cc1ncccc1N1CCCN2CCCCC2C1. The van der Waals surface area contributed by atoms with Gasteiger partial charge in [0.05, 0.1) is 11.4 Å². The summed E-state index contributed by atoms with van der Waals surface area (Å²) in [6.07, 6.45) is 7.34. The summed E-state index contributed by atoms with van der Waals surface area (Å²) < 4.78 is 0. The van der Waals surface area contributed by atoms with E-state index in [1.54, 1.807) is 0 Å². The van der Waals surface area contributed by atoms with E-state index in [-0.39, 0.29) is 0 Å². The highest BCUT2D eigenvalue weighted by Crippen LogP contribution is 2.25. The molecule has 2 fully saturated rings. The minimum absolute atomic E-state index is 0.765. The first-order chi connectivity index (χ1) is 8.84. The summed E-state index contributed by atoms with van der Waals surface area (Å²) in [7, 11) is 0. The predicted molar refractivity (Wildman–Crippen MR) is 75.0 cm³/mol. The number of piperidine rings is 1. The van der Waals surface area contributed by atoms with Crippen LogP contribution in [0.1, 0.15) is 31.4 Å². The lowest BCUT2D eigenvalue weighted by Crippen LogP contribution is -2.44. The molecule has 0 radical (unpaired) electrons. The molecule has 0 N–H and O–H groups in total. The van der Waals surface area contributed by atoms with Gasteiger partial charge in [-0.15, -0.1) is 0 Å². The molecule has 1 aromatic rings. The highest BCUT2D eigenvalue weighted by molar-refractivity contribution is 5.50. The van der Waals surface area contributed by atoms with Crippen molar-refractivity contribution < 1.29 is 0 Å². The molecular weight excluding hydrogens is 222 g/mol. The molecule has 0 aliphatic carbocycles. The van der Waals surface area contributed by atoms with E-state index < -0.39 is 0 Å². The molecule has 0 aromatic carbocycles. The van der Waals surface area contributed by atoms with Crippen LogP contribution in [-0.2, 0) is 0 Å². The van der Waals surface area contributed by atoms with Crippen LogP contribution in [0.25, 0.3) is 0 Å². The molecule has 3 rings (SSSR count). The van der Waals surface area contributed by atoms with Crippen LogP contribution in [-0.4, -0.2) is 42.1 Å². The average molecular weight is 245 g/mol. The maximum atomic E-state index is 4.43. The zero-order valence-electron chi connectivity index (χ0n) is 11.3. The second kappa shape index (κ2) is 5.27. The normalized spacial score (nSPS) is 25.6. The lowest BCUT2D eigenvalue weighted by Gasteiger charge is -2.36. The van der Waals surface area contributed by atoms with Gasteiger partial charge in [0, 0.05) is 31.9 Å². The van der Waals surface area contributed by atoms with Gasteiger partial charge < -0.3 is 4.90 Å². The van der Waals surface area contributed by atoms with Crippen molar-refractivity contribution in [1.29, 1.82) is 0 Å². The van der Waals surface area contributed by atoms with E-state index in [0.29, 0.717) is 0 Å². The van der Waals surface area contributed by atoms with E-state index in [1.807, 2.05) is 6.20 Å². The van der Waals surface area contributed by atoms with Crippen molar-refractivity contribution in [1.82, 2.24) is 9.88 Å². The Bertz CT molecular complexity index is 404. The standard InChI is InChI=1S/C15H23N3/c1-13-15(7-4-8-16-13)18-11-5-10-17-9-3-2-6-14(17)12-18/h4,7-8,14H,2-3,5-6,9-12H2,1H3. The van der Waals surface area contributed by atoms with Gasteiger partial charge in [0.25, 0.3) is 0 Å². The Balaban J connectivity index is 1.79. The molecule has 1 unspecified atom stereocenters. The van der Waals surface area contributed by atoms with Crippen molar-refractivity contribution in [2.24, 2.45) is 0 Å². The van der Waals surface area contributed by atoms with E-state index in [1.165, 1.54) is 63.2 Å². The summed E-state index contributed by atoms with van der Waals surface area (Å²) in [5, 5.41) is 0. The summed E-state index contributed by atoms with van der Waals surface area (Å²) in [5.41, 5.74) is 2.51. The van der Waals surface area contributed by atoms with E-state index in [9.17, 15) is 0 Å². The van der Waals surface area contributed by atoms with Crippen LogP contribution in [0.3, 0.4) is 0 Å². The Hall–Kier alpha value is -1.09. The predicted octanol–water partition coefficient (Wildman–Crippen LogP) is 2.45. The number of rotatable bonds is 1. The van der Waals surface area contributed by atoms with Gasteiger partial charge in [0.1, 0.15) is 0 Å². The van der Waals surface area contributed by atoms with Crippen LogP contribution in [0, 0.1) is 6.92 Å². The largest absolute Gasteiger partial charge is 0.368 e. The van der Waals surface area contributed by atoms with E-state index in [2.05, 4.69) is 33.8 Å². The molecule has 2 aliphatic heterocycles. The summed E-state index contributed by atoms with van der Waals surface area (Å²) >= 11 is 0. The number of anilines is 1. The van der Waals surface area contributed by atoms with Crippen LogP contribution in [0.2, 0.25) is 0 Å². The fourth-order valence-electron chi connectivity index (χ4n) is 3.40. The first-order valence-electron chi connectivity index (χ1n) is 7.25. The lowest BCUT2D eigenvalue weighted by atomic mass is 10.0. The third-order valence-corrected chi connectivity index (χ3v) is 4.37. The smallest absolute Gasteiger partial charge is 0.0605 e. The average Bonchev–Trinajstić information content (AvgIpc) is 2.61. The van der Waals surface area contributed by atoms with Gasteiger partial charge in [-0.3, -0.25) is 9.88 Å². The molecule has 98 valence electrons. The number of pyridine rings is 1. The summed E-state index contributed by atoms with van der Waals surface area (Å²) in [6.45, 7) is 7.08. The summed E-state index contributed by atoms with van der Waals surface area (Å²) in [4.78, 5) is 9.69. The Morgan fingerprint density at radius 3 is 2.94 bits per heavy atom. The van der Waals surface area contributed by atoms with Crippen LogP contribution >= 0.6 is 0 Å². The monoisotopic (exact) mass is 245 g/mol. The summed E-state index contributed by atoms with van der Waals surface area (Å²) in [5.74, 6) is 0. The number of hydrogen-bond acceptors (Lipinski definition) is 3. The van der Waals surface area contributed by atoms with E-state index >= 15 is 0 Å². The van der Waals surface area contributed by atoms with Gasteiger partial charge in [-0.2, -0.15) is 0 Å². The first-order valence-corrected chi connectivity index (χ1v) is 7.25. The number of aryl methyl sites for hydroxylation is 1. The maximum absolute atomic E-state index is 4.43. The second-order valence-electron chi connectivity index (χ2n) is 5.59. The number of hydrogen-bond donors (Lipinski definition) is 0. The number of aromatic nitrogens is 1. The van der Waals surface area contributed by atoms with Gasteiger partial charge in [0.15, 0.2) is 0 Å². The molecule has 2 saturated heterocycles. The van der Waals surface area contributed by atoms with Crippen LogP contribution in [0.4, 0.5) is 5.69 Å². The van der Waals surface area contributed by atoms with Crippen LogP contribution in [0.5, 0.6) is 0 Å². The molecule has 2 aliphatic rings. The molecule has 3 heteroatoms. The molecule has 0 bridgehead atoms. The van der Waals surface area contributed by atoms with Crippen molar-refractivity contribution in [3.8, 4) is 0 Å². The minimum atomic E-state index is 0.765. The topological polar surface area (TPSA) is 19.4 Å². The molecule has 18 heavy (non-hydrogen) atoms. The molecule has 0 spiro atoms. The van der Waals surface area contributed by atoms with Gasteiger partial charge in [-0.1, -0.05) is 6.42 Å². The van der Waals surface area contributed by atoms with Gasteiger partial charge in [-0.05, 0) is 44.9 Å². The van der Waals surface area contributed by atoms with Crippen molar-refractivity contribution in [2.75, 3.05) is 31.1 Å². The molecular formula is C15H23N3. The van der Waals surface area contributed by atoms with E-state index in [4.69, 9.17) is 0 Å². The molecule has 0 amide bonds. The van der Waals surface area contributed by atoms with Crippen molar-refractivity contribution in [3.05, 3.63) is 24.0 Å². The molecule has 0 saturated carbocycles. The van der Waals surface area contributed by atoms with Crippen molar-refractivity contribution in [2.45, 2.75) is 38.6 Å². The van der Waals surface area contributed by atoms with E-state index in [0.717, 1.165) is 6.04 Å². The van der Waals surface area contributed by atoms with Gasteiger partial charge >= 0.3 is 0 Å². The zero-order chi connectivity index (χ0) is 12.4. The second-order valence-corrected chi connectivity index (χ2v) is 5.59. The zero-order valence-corrected chi connectivity index (χ0v) is 11.3. The summed E-state index contributed by atoms with van der Waals surface area (Å²) in [6, 6.07) is 5.05. The third-order valence-electron chi connectivity index (χ3n) is 4.37. The molecule has 1 aromatic heterocycles. The van der Waals surface area contributed by atoms with Gasteiger partial charge in [0.2, 0.25) is 0 Å². The van der Waals surface area contributed by atoms with Crippen LogP contribution in [0.15, 0.2) is 18.3 Å². The highest BCUT2D eigenvalue weighted by atomic mass is 15.2. The van der Waals surface area contributed by atoms with Crippen molar-refractivity contribution >= 4 is 5.69 Å². The van der Waals surface area contributed by atoms with Crippen molar-refractivity contribution in [3.63, 3.8) is 0 Å². The first kappa shape index (κ1) is 12.0. The Morgan fingerprint density at radius 2 is 2.06 bits per heavy atom. The fourth-order valence-corrected chi connectivity index (χ4v) is 3.40. The fraction of sp³-hybridized carbons (Fsp3) is 0.667. The number of fused-ring (bicyclic) bond motifs is 1. The Morgan fingerprint density at radius 1 is 1.17 bits per heavy atom. The van der Waals surface area contributed by atoms with Crippen LogP contribution < -0.4 is 4.90 Å². The molecule has 1 atom stereocenters. The van der Waals surface area contributed by atoms with Gasteiger partial charge in [-0.25, -0.2) is 0 Å². The Kier molecular flexibility index (Phi) is 3.50. The maximum Gasteiger partial charge on any atom is 0.0605 e. The lowest BCUT2D eigenvalue weighted by molar-refractivity contribution is 0.162.